The van der Waals surface area contributed by atoms with Crippen LogP contribution >= 0.6 is 12.4 Å². The van der Waals surface area contributed by atoms with E-state index < -0.39 is 0 Å². The topological polar surface area (TPSA) is 38.5 Å². The van der Waals surface area contributed by atoms with Crippen molar-refractivity contribution in [3.8, 4) is 0 Å². The molecule has 0 bridgehead atoms. The molecule has 0 aromatic rings. The fraction of sp³-hybridized carbons (Fsp3) is 1.00. The number of nitrogens with two attached hydrogens (primary N) is 1. The minimum Gasteiger partial charge on any atom is -0.380 e. The van der Waals surface area contributed by atoms with Crippen LogP contribution in [0.1, 0.15) is 27.2 Å². The molecular formula is C12H27ClN2O. The minimum atomic E-state index is 0. The van der Waals surface area contributed by atoms with Gasteiger partial charge in [-0.1, -0.05) is 13.8 Å². The van der Waals surface area contributed by atoms with Gasteiger partial charge in [-0.25, -0.2) is 0 Å². The lowest BCUT2D eigenvalue weighted by atomic mass is 10.1. The molecule has 0 radical (unpaired) electrons. The second-order valence-corrected chi connectivity index (χ2v) is 5.15. The molecule has 4 heteroatoms. The number of halogens is 1. The van der Waals surface area contributed by atoms with Gasteiger partial charge in [0.25, 0.3) is 0 Å². The summed E-state index contributed by atoms with van der Waals surface area (Å²) in [6.07, 6.45) is 1.25. The van der Waals surface area contributed by atoms with Crippen molar-refractivity contribution in [1.82, 2.24) is 4.90 Å². The van der Waals surface area contributed by atoms with E-state index in [9.17, 15) is 0 Å². The van der Waals surface area contributed by atoms with Crippen LogP contribution in [-0.2, 0) is 4.74 Å². The highest BCUT2D eigenvalue weighted by atomic mass is 35.5. The van der Waals surface area contributed by atoms with E-state index in [0.717, 1.165) is 32.8 Å². The summed E-state index contributed by atoms with van der Waals surface area (Å²) < 4.78 is 5.60. The minimum absolute atomic E-state index is 0. The molecule has 0 aromatic carbocycles. The SMILES string of the molecule is CC(C)COCCN1CC(CN)CC1C.Cl. The van der Waals surface area contributed by atoms with Gasteiger partial charge in [0.15, 0.2) is 0 Å². The van der Waals surface area contributed by atoms with Crippen LogP contribution in [0.3, 0.4) is 0 Å². The Balaban J connectivity index is 0.00000225. The molecule has 1 fully saturated rings. The maximum atomic E-state index is 5.69. The summed E-state index contributed by atoms with van der Waals surface area (Å²) in [6, 6.07) is 0.682. The first-order valence-corrected chi connectivity index (χ1v) is 6.15. The van der Waals surface area contributed by atoms with Crippen molar-refractivity contribution in [2.75, 3.05) is 32.8 Å². The Morgan fingerprint density at radius 3 is 2.62 bits per heavy atom. The first kappa shape index (κ1) is 16.2. The van der Waals surface area contributed by atoms with Gasteiger partial charge in [-0.15, -0.1) is 12.4 Å². The average molecular weight is 251 g/mol. The maximum Gasteiger partial charge on any atom is 0.0593 e. The smallest absolute Gasteiger partial charge is 0.0593 e. The molecule has 0 aliphatic carbocycles. The lowest BCUT2D eigenvalue weighted by Crippen LogP contribution is -2.31. The fourth-order valence-electron chi connectivity index (χ4n) is 2.20. The van der Waals surface area contributed by atoms with E-state index in [4.69, 9.17) is 10.5 Å². The van der Waals surface area contributed by atoms with Gasteiger partial charge >= 0.3 is 0 Å². The first-order valence-electron chi connectivity index (χ1n) is 6.15. The number of likely N-dealkylation sites (tertiary alicyclic amines) is 1. The summed E-state index contributed by atoms with van der Waals surface area (Å²) in [7, 11) is 0. The highest BCUT2D eigenvalue weighted by Crippen LogP contribution is 2.21. The van der Waals surface area contributed by atoms with Crippen LogP contribution in [0.5, 0.6) is 0 Å². The van der Waals surface area contributed by atoms with Crippen LogP contribution in [0.2, 0.25) is 0 Å². The molecule has 2 atom stereocenters. The van der Waals surface area contributed by atoms with Crippen LogP contribution in [-0.4, -0.2) is 43.8 Å². The summed E-state index contributed by atoms with van der Waals surface area (Å²) >= 11 is 0. The van der Waals surface area contributed by atoms with Crippen molar-refractivity contribution < 1.29 is 4.74 Å². The van der Waals surface area contributed by atoms with E-state index in [0.29, 0.717) is 17.9 Å². The van der Waals surface area contributed by atoms with Crippen LogP contribution < -0.4 is 5.73 Å². The Bertz CT molecular complexity index is 178. The Labute approximate surface area is 106 Å². The van der Waals surface area contributed by atoms with E-state index in [1.807, 2.05) is 0 Å². The summed E-state index contributed by atoms with van der Waals surface area (Å²) in [5.41, 5.74) is 5.69. The van der Waals surface area contributed by atoms with E-state index in [2.05, 4.69) is 25.7 Å². The first-order chi connectivity index (χ1) is 7.13. The standard InChI is InChI=1S/C12H26N2O.ClH/c1-10(2)9-15-5-4-14-8-12(7-13)6-11(14)3;/h10-12H,4-9,13H2,1-3H3;1H. The normalized spacial score (nSPS) is 26.1. The predicted molar refractivity (Wildman–Crippen MR) is 71.1 cm³/mol. The van der Waals surface area contributed by atoms with Gasteiger partial charge in [0.05, 0.1) is 6.61 Å². The Hall–Kier alpha value is 0.170. The number of hydrogen-bond acceptors (Lipinski definition) is 3. The Morgan fingerprint density at radius 1 is 1.44 bits per heavy atom. The van der Waals surface area contributed by atoms with Crippen molar-refractivity contribution in [3.63, 3.8) is 0 Å². The molecular weight excluding hydrogens is 224 g/mol. The molecule has 0 amide bonds. The van der Waals surface area contributed by atoms with Crippen molar-refractivity contribution >= 4 is 12.4 Å². The average Bonchev–Trinajstić information content (AvgIpc) is 2.54. The molecule has 3 nitrogen and oxygen atoms in total. The van der Waals surface area contributed by atoms with E-state index in [1.165, 1.54) is 6.42 Å². The van der Waals surface area contributed by atoms with Crippen molar-refractivity contribution in [1.29, 1.82) is 0 Å². The highest BCUT2D eigenvalue weighted by Gasteiger charge is 2.27. The molecule has 1 aliphatic rings. The quantitative estimate of drug-likeness (QED) is 0.730. The molecule has 98 valence electrons. The lowest BCUT2D eigenvalue weighted by molar-refractivity contribution is 0.0832. The molecule has 16 heavy (non-hydrogen) atoms. The molecule has 2 N–H and O–H groups in total. The van der Waals surface area contributed by atoms with Gasteiger partial charge in [0, 0.05) is 25.7 Å². The van der Waals surface area contributed by atoms with Gasteiger partial charge in [-0.05, 0) is 31.7 Å². The van der Waals surface area contributed by atoms with E-state index in [-0.39, 0.29) is 12.4 Å². The summed E-state index contributed by atoms with van der Waals surface area (Å²) in [5, 5.41) is 0. The van der Waals surface area contributed by atoms with Crippen LogP contribution in [0.4, 0.5) is 0 Å². The van der Waals surface area contributed by atoms with Gasteiger partial charge < -0.3 is 10.5 Å². The third-order valence-corrected chi connectivity index (χ3v) is 3.10. The second kappa shape index (κ2) is 8.29. The summed E-state index contributed by atoms with van der Waals surface area (Å²) in [4.78, 5) is 2.50. The Kier molecular flexibility index (Phi) is 8.38. The fourth-order valence-corrected chi connectivity index (χ4v) is 2.20. The molecule has 0 aromatic heterocycles. The largest absolute Gasteiger partial charge is 0.380 e. The van der Waals surface area contributed by atoms with Crippen molar-refractivity contribution in [2.24, 2.45) is 17.6 Å². The summed E-state index contributed by atoms with van der Waals surface area (Å²) in [5.74, 6) is 1.34. The Morgan fingerprint density at radius 2 is 2.12 bits per heavy atom. The maximum absolute atomic E-state index is 5.69. The zero-order chi connectivity index (χ0) is 11.3. The molecule has 1 heterocycles. The number of hydrogen-bond donors (Lipinski definition) is 1. The third-order valence-electron chi connectivity index (χ3n) is 3.10. The number of nitrogens with zero attached hydrogens (tertiary/aromatic N) is 1. The van der Waals surface area contributed by atoms with Crippen LogP contribution in [0, 0.1) is 11.8 Å². The highest BCUT2D eigenvalue weighted by molar-refractivity contribution is 5.85. The molecule has 1 saturated heterocycles. The third kappa shape index (κ3) is 5.48. The van der Waals surface area contributed by atoms with Crippen molar-refractivity contribution in [2.45, 2.75) is 33.2 Å². The number of ether oxygens (including phenoxy) is 1. The van der Waals surface area contributed by atoms with Crippen molar-refractivity contribution in [3.05, 3.63) is 0 Å². The van der Waals surface area contributed by atoms with E-state index >= 15 is 0 Å². The summed E-state index contributed by atoms with van der Waals surface area (Å²) in [6.45, 7) is 11.4. The zero-order valence-corrected chi connectivity index (χ0v) is 11.6. The molecule has 0 saturated carbocycles. The van der Waals surface area contributed by atoms with Crippen LogP contribution in [0.25, 0.3) is 0 Å². The van der Waals surface area contributed by atoms with Gasteiger partial charge in [-0.3, -0.25) is 4.90 Å². The monoisotopic (exact) mass is 250 g/mol. The van der Waals surface area contributed by atoms with Crippen LogP contribution in [0.15, 0.2) is 0 Å². The molecule has 1 rings (SSSR count). The predicted octanol–water partition coefficient (Wildman–Crippen LogP) is 1.75. The van der Waals surface area contributed by atoms with Gasteiger partial charge in [-0.2, -0.15) is 0 Å². The molecule has 1 aliphatic heterocycles. The van der Waals surface area contributed by atoms with Gasteiger partial charge in [0.1, 0.15) is 0 Å². The zero-order valence-electron chi connectivity index (χ0n) is 10.8. The van der Waals surface area contributed by atoms with E-state index in [1.54, 1.807) is 0 Å². The molecule has 0 spiro atoms. The molecule has 2 unspecified atom stereocenters. The lowest BCUT2D eigenvalue weighted by Gasteiger charge is -2.21. The second-order valence-electron chi connectivity index (χ2n) is 5.15. The van der Waals surface area contributed by atoms with Gasteiger partial charge in [0.2, 0.25) is 0 Å². The number of rotatable bonds is 6.